The average Bonchev–Trinajstić information content (AvgIpc) is 4.09. The van der Waals surface area contributed by atoms with E-state index in [1.807, 2.05) is 24.3 Å². The highest BCUT2D eigenvalue weighted by molar-refractivity contribution is 6.88. The topological polar surface area (TPSA) is 43.5 Å². The van der Waals surface area contributed by atoms with Crippen molar-refractivity contribution in [2.45, 2.75) is 26.6 Å². The Hall–Kier alpha value is -8.62. The molecule has 0 fully saturated rings. The molecule has 0 unspecified atom stereocenters. The van der Waals surface area contributed by atoms with Crippen molar-refractivity contribution >= 4 is 129 Å². The zero-order valence-electron chi connectivity index (χ0n) is 37.5. The van der Waals surface area contributed by atoms with Crippen molar-refractivity contribution in [3.63, 3.8) is 0 Å². The zero-order valence-corrected chi connectivity index (χ0v) is 38.5. The molecule has 0 atom stereocenters. The fourth-order valence-corrected chi connectivity index (χ4v) is 12.1. The van der Waals surface area contributed by atoms with E-state index in [-0.39, 0.29) is 0 Å². The minimum atomic E-state index is -1.53. The maximum absolute atomic E-state index is 9.73. The highest BCUT2D eigenvalue weighted by atomic mass is 28.3. The second-order valence-electron chi connectivity index (χ2n) is 18.9. The van der Waals surface area contributed by atoms with Gasteiger partial charge in [-0.1, -0.05) is 115 Å². The largest absolute Gasteiger partial charge is 0.310 e. The first kappa shape index (κ1) is 38.8. The molecule has 0 spiro atoms. The van der Waals surface area contributed by atoms with Gasteiger partial charge in [0.2, 0.25) is 0 Å². The Morgan fingerprint density at radius 3 is 1.34 bits per heavy atom. The quantitative estimate of drug-likeness (QED) is 0.118. The first-order valence-corrected chi connectivity index (χ1v) is 26.3. The molecule has 0 aliphatic carbocycles. The summed E-state index contributed by atoms with van der Waals surface area (Å²) in [5.41, 5.74) is 15.9. The maximum atomic E-state index is 9.73. The van der Waals surface area contributed by atoms with Crippen LogP contribution >= 0.6 is 0 Å². The van der Waals surface area contributed by atoms with Gasteiger partial charge in [-0.25, -0.2) is 4.85 Å². The Balaban J connectivity index is 1.06. The molecule has 13 rings (SSSR count). The summed E-state index contributed by atoms with van der Waals surface area (Å²) >= 11 is 0. The molecule has 0 radical (unpaired) electrons. The number of para-hydroxylation sites is 2. The lowest BCUT2D eigenvalue weighted by Gasteiger charge is -2.27. The van der Waals surface area contributed by atoms with Crippen LogP contribution in [0.25, 0.3) is 81.0 Å². The van der Waals surface area contributed by atoms with Gasteiger partial charge in [0.1, 0.15) is 0 Å². The van der Waals surface area contributed by atoms with Gasteiger partial charge >= 0.3 is 0 Å². The Labute approximate surface area is 388 Å². The number of aryl methyl sites for hydroxylation is 1. The van der Waals surface area contributed by atoms with Crippen molar-refractivity contribution in [2.75, 3.05) is 9.80 Å². The van der Waals surface area contributed by atoms with Crippen LogP contribution in [-0.2, 0) is 0 Å². The molecule has 67 heavy (non-hydrogen) atoms. The van der Waals surface area contributed by atoms with Crippen molar-refractivity contribution in [2.24, 2.45) is 0 Å². The predicted octanol–water partition coefficient (Wildman–Crippen LogP) is 16.2. The molecule has 9 aromatic carbocycles. The Morgan fingerprint density at radius 1 is 0.478 bits per heavy atom. The van der Waals surface area contributed by atoms with E-state index in [1.54, 1.807) is 0 Å². The summed E-state index contributed by atoms with van der Waals surface area (Å²) in [6, 6.07) is 67.8. The van der Waals surface area contributed by atoms with E-state index in [0.29, 0.717) is 11.3 Å². The van der Waals surface area contributed by atoms with E-state index in [9.17, 15) is 5.26 Å². The highest BCUT2D eigenvalue weighted by Gasteiger charge is 2.27. The normalized spacial score (nSPS) is 12.1. The third-order valence-corrected chi connectivity index (χ3v) is 16.1. The summed E-state index contributed by atoms with van der Waals surface area (Å²) in [7, 11) is -1.53. The predicted molar refractivity (Wildman–Crippen MR) is 284 cm³/mol. The second kappa shape index (κ2) is 14.2. The summed E-state index contributed by atoms with van der Waals surface area (Å²) in [4.78, 5) is 8.37. The van der Waals surface area contributed by atoms with Gasteiger partial charge in [0, 0.05) is 65.8 Å². The minimum Gasteiger partial charge on any atom is -0.310 e. The van der Waals surface area contributed by atoms with E-state index in [1.165, 1.54) is 75.9 Å². The molecule has 0 saturated heterocycles. The monoisotopic (exact) mass is 874 g/mol. The van der Waals surface area contributed by atoms with Crippen molar-refractivity contribution in [1.29, 1.82) is 5.26 Å². The number of hydrogen-bond donors (Lipinski definition) is 0. The van der Waals surface area contributed by atoms with Gasteiger partial charge in [0.05, 0.1) is 70.8 Å². The van der Waals surface area contributed by atoms with E-state index in [2.05, 4.69) is 214 Å². The molecule has 7 heteroatoms. The Bertz CT molecular complexity index is 4200. The van der Waals surface area contributed by atoms with Crippen LogP contribution in [0.15, 0.2) is 182 Å². The summed E-state index contributed by atoms with van der Waals surface area (Å²) in [5, 5.41) is 20.8. The van der Waals surface area contributed by atoms with E-state index in [4.69, 9.17) is 6.57 Å². The van der Waals surface area contributed by atoms with Crippen molar-refractivity contribution in [3.8, 4) is 6.07 Å². The van der Waals surface area contributed by atoms with Crippen LogP contribution in [0.1, 0.15) is 11.1 Å². The molecule has 13 aromatic rings. The van der Waals surface area contributed by atoms with E-state index >= 15 is 0 Å². The number of aromatic nitrogens is 2. The van der Waals surface area contributed by atoms with E-state index < -0.39 is 8.07 Å². The number of hydrogen-bond acceptors (Lipinski definition) is 3. The lowest BCUT2D eigenvalue weighted by molar-refractivity contribution is 1.29. The minimum absolute atomic E-state index is 0.620. The molecule has 0 aliphatic rings. The molecule has 0 amide bonds. The van der Waals surface area contributed by atoms with Gasteiger partial charge in [0.15, 0.2) is 5.69 Å². The van der Waals surface area contributed by atoms with Crippen molar-refractivity contribution < 1.29 is 0 Å². The Morgan fingerprint density at radius 2 is 0.896 bits per heavy atom. The smallest absolute Gasteiger partial charge is 0.187 e. The second-order valence-corrected chi connectivity index (χ2v) is 24.0. The number of anilines is 6. The lowest BCUT2D eigenvalue weighted by Crippen LogP contribution is -2.37. The molecule has 0 saturated carbocycles. The van der Waals surface area contributed by atoms with Gasteiger partial charge in [-0.2, -0.15) is 5.26 Å². The van der Waals surface area contributed by atoms with Gasteiger partial charge in [0.25, 0.3) is 0 Å². The molecule has 0 N–H and O–H groups in total. The summed E-state index contributed by atoms with van der Waals surface area (Å²) in [6.07, 6.45) is 0. The third kappa shape index (κ3) is 5.59. The Kier molecular flexibility index (Phi) is 8.22. The first-order chi connectivity index (χ1) is 32.7. The van der Waals surface area contributed by atoms with Gasteiger partial charge in [-0.05, 0) is 104 Å². The van der Waals surface area contributed by atoms with Gasteiger partial charge in [-0.15, -0.1) is 0 Å². The first-order valence-electron chi connectivity index (χ1n) is 22.8. The summed E-state index contributed by atoms with van der Waals surface area (Å²) in [5.74, 6) is 0. The van der Waals surface area contributed by atoms with Gasteiger partial charge < -0.3 is 18.6 Å². The number of benzene rings is 9. The number of fused-ring (bicyclic) bond motifs is 12. The van der Waals surface area contributed by atoms with E-state index in [0.717, 1.165) is 45.2 Å². The van der Waals surface area contributed by atoms with Crippen LogP contribution in [0.2, 0.25) is 19.6 Å². The number of rotatable bonds is 7. The molecular formula is C60H42N6Si. The maximum Gasteiger partial charge on any atom is 0.187 e. The molecule has 4 aromatic heterocycles. The number of nitriles is 1. The summed E-state index contributed by atoms with van der Waals surface area (Å²) < 4.78 is 4.98. The molecule has 316 valence electrons. The number of nitrogens with zero attached hydrogens (tertiary/aromatic N) is 6. The van der Waals surface area contributed by atoms with Crippen LogP contribution in [0, 0.1) is 24.8 Å². The summed E-state index contributed by atoms with van der Waals surface area (Å²) in [6.45, 7) is 16.9. The van der Waals surface area contributed by atoms with Gasteiger partial charge in [-0.3, -0.25) is 0 Å². The molecule has 0 bridgehead atoms. The third-order valence-electron chi connectivity index (χ3n) is 14.0. The molecule has 6 nitrogen and oxygen atoms in total. The van der Waals surface area contributed by atoms with Crippen LogP contribution in [0.5, 0.6) is 0 Å². The van der Waals surface area contributed by atoms with Crippen molar-refractivity contribution in [1.82, 2.24) is 8.80 Å². The fourth-order valence-electron chi connectivity index (χ4n) is 10.9. The lowest BCUT2D eigenvalue weighted by atomic mass is 10.0. The standard InChI is InChI=1S/C60H42N6Si/c1-37-18-24-40(25-19-37)63(42-28-22-39(62-2)23-29-42)51-14-8-16-53-57(51)47-12-6-10-45-49-35-56-50(34-55(49)65(53)59(45)47)46-11-7-13-48-58-52(15-9-17-54(58)66(56)60(46)48)64(41-26-20-38(36-61)21-27-41)43-30-32-44(33-31-43)67(3,4)5/h6-35H,1,3-5H3. The van der Waals surface area contributed by atoms with Crippen LogP contribution in [0.4, 0.5) is 39.8 Å². The highest BCUT2D eigenvalue weighted by Crippen LogP contribution is 2.50. The van der Waals surface area contributed by atoms with Crippen LogP contribution < -0.4 is 15.0 Å². The zero-order chi connectivity index (χ0) is 45.3. The fraction of sp³-hybridized carbons (Fsp3) is 0.0667. The molecule has 4 heterocycles. The SMILES string of the molecule is [C-]#[N+]c1ccc(N(c2ccc(C)cc2)c2cccc3c2c2cccc4c5cc6c(cc5n3c42)c2cccc3c4c(N(c5ccc(C#N)cc5)c5ccc([Si](C)(C)C)cc5)cccc4n6c23)cc1. The van der Waals surface area contributed by atoms with Crippen molar-refractivity contribution in [3.05, 3.63) is 205 Å². The molecular weight excluding hydrogens is 833 g/mol. The molecule has 0 aliphatic heterocycles. The van der Waals surface area contributed by atoms with Crippen LogP contribution in [0.3, 0.4) is 0 Å². The average molecular weight is 875 g/mol. The van der Waals surface area contributed by atoms with Crippen LogP contribution in [-0.4, -0.2) is 16.9 Å².